The van der Waals surface area contributed by atoms with Crippen LogP contribution < -0.4 is 5.32 Å². The van der Waals surface area contributed by atoms with E-state index in [0.717, 1.165) is 12.8 Å². The van der Waals surface area contributed by atoms with Crippen LogP contribution >= 0.6 is 34.8 Å². The number of carboxylic acid groups (broad SMARTS) is 1. The number of fused-ring (bicyclic) bond motifs is 2. The summed E-state index contributed by atoms with van der Waals surface area (Å²) >= 11 is 16.5. The molecule has 0 unspecified atom stereocenters. The van der Waals surface area contributed by atoms with Crippen molar-refractivity contribution in [3.05, 3.63) is 0 Å². The Hall–Kier alpha value is -0.590. The minimum absolute atomic E-state index is 0.0373. The minimum atomic E-state index is -1.64. The average molecular weight is 346 g/mol. The molecule has 2 aliphatic heterocycles. The van der Waals surface area contributed by atoms with Gasteiger partial charge in [0.25, 0.3) is 0 Å². The molecule has 2 aliphatic rings. The normalized spacial score (nSPS) is 29.1. The first-order valence-corrected chi connectivity index (χ1v) is 7.41. The summed E-state index contributed by atoms with van der Waals surface area (Å²) in [6.07, 6.45) is 1.30. The summed E-state index contributed by atoms with van der Waals surface area (Å²) in [6.45, 7) is -0.329. The third-order valence-corrected chi connectivity index (χ3v) is 3.97. The number of alkyl carbamates (subject to hydrolysis) is 1. The van der Waals surface area contributed by atoms with Gasteiger partial charge in [-0.05, 0) is 25.7 Å². The number of nitrogens with zero attached hydrogens (tertiary/aromatic N) is 1. The van der Waals surface area contributed by atoms with Gasteiger partial charge in [-0.25, -0.2) is 9.59 Å². The molecule has 2 heterocycles. The molecule has 0 aromatic heterocycles. The molecule has 2 bridgehead atoms. The number of hydrogen-bond acceptors (Lipinski definition) is 3. The van der Waals surface area contributed by atoms with Crippen molar-refractivity contribution in [2.24, 2.45) is 0 Å². The second-order valence-corrected chi connectivity index (χ2v) is 7.59. The lowest BCUT2D eigenvalue weighted by molar-refractivity contribution is 0.0885. The van der Waals surface area contributed by atoms with Gasteiger partial charge in [0.05, 0.1) is 0 Å². The van der Waals surface area contributed by atoms with Gasteiger partial charge in [-0.3, -0.25) is 0 Å². The SMILES string of the molecule is O=C(N[C@H]1C[C@H]2CC[C@@H](C1)N2C(=O)O)OCC(Cl)(Cl)Cl. The number of halogens is 3. The maximum absolute atomic E-state index is 11.6. The van der Waals surface area contributed by atoms with Gasteiger partial charge in [0.1, 0.15) is 6.61 Å². The Labute approximate surface area is 131 Å². The molecule has 2 rings (SSSR count). The number of piperidine rings is 1. The number of amides is 2. The van der Waals surface area contributed by atoms with Gasteiger partial charge in [-0.1, -0.05) is 34.8 Å². The van der Waals surface area contributed by atoms with E-state index >= 15 is 0 Å². The smallest absolute Gasteiger partial charge is 0.407 e. The zero-order valence-electron chi connectivity index (χ0n) is 10.5. The quantitative estimate of drug-likeness (QED) is 0.754. The molecule has 9 heteroatoms. The van der Waals surface area contributed by atoms with Crippen molar-refractivity contribution in [2.45, 2.75) is 47.6 Å². The summed E-state index contributed by atoms with van der Waals surface area (Å²) in [7, 11) is 0. The van der Waals surface area contributed by atoms with Gasteiger partial charge < -0.3 is 20.1 Å². The highest BCUT2D eigenvalue weighted by Crippen LogP contribution is 2.35. The first-order chi connectivity index (χ1) is 9.26. The first kappa shape index (κ1) is 15.8. The van der Waals surface area contributed by atoms with E-state index in [1.807, 2.05) is 0 Å². The van der Waals surface area contributed by atoms with E-state index in [1.54, 1.807) is 0 Å². The number of alkyl halides is 3. The minimum Gasteiger partial charge on any atom is -0.465 e. The number of ether oxygens (including phenoxy) is 1. The highest BCUT2D eigenvalue weighted by molar-refractivity contribution is 6.67. The third-order valence-electron chi connectivity index (χ3n) is 3.64. The van der Waals surface area contributed by atoms with E-state index in [2.05, 4.69) is 5.32 Å². The molecule has 3 atom stereocenters. The zero-order valence-corrected chi connectivity index (χ0v) is 12.8. The largest absolute Gasteiger partial charge is 0.465 e. The lowest BCUT2D eigenvalue weighted by Gasteiger charge is -2.37. The van der Waals surface area contributed by atoms with Crippen molar-refractivity contribution in [1.29, 1.82) is 0 Å². The summed E-state index contributed by atoms with van der Waals surface area (Å²) in [6, 6.07) is -0.180. The highest BCUT2D eigenvalue weighted by atomic mass is 35.6. The van der Waals surface area contributed by atoms with Crippen molar-refractivity contribution in [3.63, 3.8) is 0 Å². The van der Waals surface area contributed by atoms with Gasteiger partial charge in [0.15, 0.2) is 0 Å². The summed E-state index contributed by atoms with van der Waals surface area (Å²) in [5.74, 6) is 0. The Morgan fingerprint density at radius 3 is 2.25 bits per heavy atom. The van der Waals surface area contributed by atoms with Crippen molar-refractivity contribution in [2.75, 3.05) is 6.61 Å². The van der Waals surface area contributed by atoms with Crippen LogP contribution in [0, 0.1) is 0 Å². The zero-order chi connectivity index (χ0) is 14.9. The molecule has 0 aromatic carbocycles. The van der Waals surface area contributed by atoms with E-state index in [0.29, 0.717) is 12.8 Å². The fraction of sp³-hybridized carbons (Fsp3) is 0.818. The van der Waals surface area contributed by atoms with Gasteiger partial charge >= 0.3 is 12.2 Å². The Bertz CT molecular complexity index is 388. The van der Waals surface area contributed by atoms with Crippen LogP contribution in [0.1, 0.15) is 25.7 Å². The summed E-state index contributed by atoms with van der Waals surface area (Å²) in [4.78, 5) is 24.2. The molecule has 2 fully saturated rings. The number of carbonyl (C=O) groups excluding carboxylic acids is 1. The van der Waals surface area contributed by atoms with E-state index in [-0.39, 0.29) is 24.7 Å². The van der Waals surface area contributed by atoms with Gasteiger partial charge in [-0.15, -0.1) is 0 Å². The lowest BCUT2D eigenvalue weighted by Crippen LogP contribution is -2.52. The molecule has 20 heavy (non-hydrogen) atoms. The standard InChI is InChI=1S/C11H15Cl3N2O4/c12-11(13,14)5-20-9(17)15-6-3-7-1-2-8(4-6)16(7)10(18)19/h6-8H,1-5H2,(H,15,17)(H,18,19)/t6-,7+,8-. The Balaban J connectivity index is 1.82. The second kappa shape index (κ2) is 6.03. The van der Waals surface area contributed by atoms with Crippen LogP contribution in [0.15, 0.2) is 0 Å². The average Bonchev–Trinajstić information content (AvgIpc) is 2.58. The first-order valence-electron chi connectivity index (χ1n) is 6.27. The Morgan fingerprint density at radius 2 is 1.80 bits per heavy atom. The summed E-state index contributed by atoms with van der Waals surface area (Å²) < 4.78 is 3.16. The van der Waals surface area contributed by atoms with E-state index in [1.165, 1.54) is 4.90 Å². The van der Waals surface area contributed by atoms with Crippen LogP contribution in [0.2, 0.25) is 0 Å². The fourth-order valence-corrected chi connectivity index (χ4v) is 3.13. The van der Waals surface area contributed by atoms with Crippen LogP contribution in [-0.4, -0.2) is 50.7 Å². The molecule has 114 valence electrons. The molecule has 0 spiro atoms. The molecule has 6 nitrogen and oxygen atoms in total. The fourth-order valence-electron chi connectivity index (χ4n) is 2.96. The van der Waals surface area contributed by atoms with Gasteiger partial charge in [-0.2, -0.15) is 0 Å². The topological polar surface area (TPSA) is 78.9 Å². The maximum Gasteiger partial charge on any atom is 0.407 e. The number of nitrogens with one attached hydrogen (secondary N) is 1. The molecule has 0 saturated carbocycles. The molecule has 0 aromatic rings. The van der Waals surface area contributed by atoms with Crippen molar-refractivity contribution >= 4 is 47.0 Å². The van der Waals surface area contributed by atoms with Gasteiger partial charge in [0, 0.05) is 18.1 Å². The predicted octanol–water partition coefficient (Wildman–Crippen LogP) is 2.76. The number of carbonyl (C=O) groups is 2. The van der Waals surface area contributed by atoms with Crippen LogP contribution in [0.3, 0.4) is 0 Å². The lowest BCUT2D eigenvalue weighted by atomic mass is 9.98. The number of hydrogen-bond donors (Lipinski definition) is 2. The number of rotatable bonds is 2. The van der Waals surface area contributed by atoms with Crippen LogP contribution in [-0.2, 0) is 4.74 Å². The van der Waals surface area contributed by atoms with Crippen molar-refractivity contribution in [1.82, 2.24) is 10.2 Å². The highest BCUT2D eigenvalue weighted by Gasteiger charge is 2.43. The molecular formula is C11H15Cl3N2O4. The van der Waals surface area contributed by atoms with E-state index < -0.39 is 16.0 Å². The van der Waals surface area contributed by atoms with Crippen LogP contribution in [0.4, 0.5) is 9.59 Å². The Morgan fingerprint density at radius 1 is 1.25 bits per heavy atom. The summed E-state index contributed by atoms with van der Waals surface area (Å²) in [5.41, 5.74) is 0. The second-order valence-electron chi connectivity index (χ2n) is 5.08. The molecule has 0 radical (unpaired) electrons. The predicted molar refractivity (Wildman–Crippen MR) is 74.5 cm³/mol. The maximum atomic E-state index is 11.6. The molecule has 2 saturated heterocycles. The van der Waals surface area contributed by atoms with Crippen molar-refractivity contribution in [3.8, 4) is 0 Å². The molecular weight excluding hydrogens is 330 g/mol. The van der Waals surface area contributed by atoms with E-state index in [4.69, 9.17) is 44.6 Å². The summed E-state index contributed by atoms with van der Waals surface area (Å²) in [5, 5.41) is 11.8. The van der Waals surface area contributed by atoms with Crippen LogP contribution in [0.5, 0.6) is 0 Å². The molecule has 2 N–H and O–H groups in total. The Kier molecular flexibility index (Phi) is 4.76. The molecule has 2 amide bonds. The monoisotopic (exact) mass is 344 g/mol. The third kappa shape index (κ3) is 3.96. The molecule has 0 aliphatic carbocycles. The van der Waals surface area contributed by atoms with Crippen LogP contribution in [0.25, 0.3) is 0 Å². The van der Waals surface area contributed by atoms with Crippen molar-refractivity contribution < 1.29 is 19.4 Å². The van der Waals surface area contributed by atoms with E-state index in [9.17, 15) is 9.59 Å². The van der Waals surface area contributed by atoms with Gasteiger partial charge in [0.2, 0.25) is 3.79 Å².